The van der Waals surface area contributed by atoms with Crippen LogP contribution in [0.25, 0.3) is 11.3 Å². The molecule has 36 heavy (non-hydrogen) atoms. The van der Waals surface area contributed by atoms with Crippen molar-refractivity contribution in [3.8, 4) is 17.1 Å². The van der Waals surface area contributed by atoms with E-state index in [0.29, 0.717) is 41.9 Å². The number of ether oxygens (including phenoxy) is 2. The van der Waals surface area contributed by atoms with Gasteiger partial charge in [-0.2, -0.15) is 0 Å². The summed E-state index contributed by atoms with van der Waals surface area (Å²) < 4.78 is 17.0. The van der Waals surface area contributed by atoms with E-state index in [2.05, 4.69) is 0 Å². The third-order valence-electron chi connectivity index (χ3n) is 6.26. The number of carboxylic acids is 1. The molecule has 190 valence electrons. The molecule has 0 spiro atoms. The van der Waals surface area contributed by atoms with Gasteiger partial charge in [-0.1, -0.05) is 30.3 Å². The van der Waals surface area contributed by atoms with Crippen molar-refractivity contribution in [2.24, 2.45) is 0 Å². The molecule has 0 bridgehead atoms. The van der Waals surface area contributed by atoms with Crippen LogP contribution in [0.5, 0.6) is 5.75 Å². The summed E-state index contributed by atoms with van der Waals surface area (Å²) in [6.07, 6.45) is 2.00. The molecule has 0 saturated heterocycles. The standard InChI is InChI=1S/C28H31NO7/c1-18(2)29(27(32)20-11-9-19(10-12-20)24-8-5-15-34-24)28(33)23-6-3-4-7-25(23)36-22-14-13-21(16-22)35-17-26(30)31/h3-12,15,18,21-22,28,33H,13-14,16-17H2,1-2H3,(H,30,31). The van der Waals surface area contributed by atoms with Gasteiger partial charge in [0, 0.05) is 29.2 Å². The maximum Gasteiger partial charge on any atom is 0.329 e. The summed E-state index contributed by atoms with van der Waals surface area (Å²) in [5, 5.41) is 20.2. The number of para-hydroxylation sites is 1. The minimum absolute atomic E-state index is 0.172. The molecule has 0 radical (unpaired) electrons. The lowest BCUT2D eigenvalue weighted by Gasteiger charge is -2.33. The van der Waals surface area contributed by atoms with Gasteiger partial charge in [-0.05, 0) is 57.0 Å². The van der Waals surface area contributed by atoms with Gasteiger partial charge in [0.1, 0.15) is 24.2 Å². The van der Waals surface area contributed by atoms with E-state index in [1.807, 2.05) is 38.1 Å². The Balaban J connectivity index is 1.49. The van der Waals surface area contributed by atoms with Crippen molar-refractivity contribution in [3.05, 3.63) is 78.1 Å². The zero-order valence-corrected chi connectivity index (χ0v) is 20.4. The maximum atomic E-state index is 13.5. The van der Waals surface area contributed by atoms with E-state index in [4.69, 9.17) is 19.0 Å². The van der Waals surface area contributed by atoms with Crippen molar-refractivity contribution in [1.29, 1.82) is 0 Å². The molecule has 1 fully saturated rings. The van der Waals surface area contributed by atoms with E-state index in [1.165, 1.54) is 4.90 Å². The molecule has 1 aromatic heterocycles. The molecular weight excluding hydrogens is 462 g/mol. The van der Waals surface area contributed by atoms with Crippen LogP contribution >= 0.6 is 0 Å². The number of amides is 1. The number of aliphatic hydroxyl groups excluding tert-OH is 1. The summed E-state index contributed by atoms with van der Waals surface area (Å²) in [5.41, 5.74) is 1.79. The number of benzene rings is 2. The molecule has 1 heterocycles. The van der Waals surface area contributed by atoms with Crippen LogP contribution in [-0.2, 0) is 9.53 Å². The lowest BCUT2D eigenvalue weighted by molar-refractivity contribution is -0.144. The topological polar surface area (TPSA) is 109 Å². The molecule has 3 atom stereocenters. The predicted octanol–water partition coefficient (Wildman–Crippen LogP) is 4.89. The third kappa shape index (κ3) is 5.95. The third-order valence-corrected chi connectivity index (χ3v) is 6.26. The van der Waals surface area contributed by atoms with Crippen molar-refractivity contribution >= 4 is 11.9 Å². The summed E-state index contributed by atoms with van der Waals surface area (Å²) in [6, 6.07) is 17.6. The first-order valence-corrected chi connectivity index (χ1v) is 12.1. The molecule has 8 heteroatoms. The highest BCUT2D eigenvalue weighted by molar-refractivity contribution is 5.95. The largest absolute Gasteiger partial charge is 0.490 e. The number of aliphatic carboxylic acids is 1. The first-order chi connectivity index (χ1) is 17.3. The Bertz CT molecular complexity index is 1160. The lowest BCUT2D eigenvalue weighted by atomic mass is 10.1. The summed E-state index contributed by atoms with van der Waals surface area (Å²) in [5.74, 6) is -0.105. The van der Waals surface area contributed by atoms with E-state index in [-0.39, 0.29) is 30.8 Å². The van der Waals surface area contributed by atoms with Gasteiger partial charge in [-0.25, -0.2) is 4.79 Å². The Kier molecular flexibility index (Phi) is 8.07. The average Bonchev–Trinajstić information content (AvgIpc) is 3.55. The fourth-order valence-electron chi connectivity index (χ4n) is 4.48. The first kappa shape index (κ1) is 25.5. The highest BCUT2D eigenvalue weighted by Gasteiger charge is 2.31. The van der Waals surface area contributed by atoms with Gasteiger partial charge in [0.2, 0.25) is 0 Å². The van der Waals surface area contributed by atoms with E-state index >= 15 is 0 Å². The molecule has 3 unspecified atom stereocenters. The molecule has 8 nitrogen and oxygen atoms in total. The Morgan fingerprint density at radius 1 is 1.03 bits per heavy atom. The van der Waals surface area contributed by atoms with Gasteiger partial charge >= 0.3 is 5.97 Å². The number of hydrogen-bond donors (Lipinski definition) is 2. The maximum absolute atomic E-state index is 13.5. The average molecular weight is 494 g/mol. The molecule has 2 aromatic carbocycles. The number of carboxylic acid groups (broad SMARTS) is 1. The van der Waals surface area contributed by atoms with Gasteiger partial charge in [0.25, 0.3) is 5.91 Å². The SMILES string of the molecule is CC(C)N(C(=O)c1ccc(-c2ccco2)cc1)C(O)c1ccccc1OC1CCC(OCC(=O)O)C1. The minimum Gasteiger partial charge on any atom is -0.490 e. The Morgan fingerprint density at radius 2 is 1.75 bits per heavy atom. The monoisotopic (exact) mass is 493 g/mol. The van der Waals surface area contributed by atoms with Crippen LogP contribution in [-0.4, -0.2) is 51.8 Å². The molecule has 1 saturated carbocycles. The zero-order valence-electron chi connectivity index (χ0n) is 20.4. The van der Waals surface area contributed by atoms with E-state index in [0.717, 1.165) is 5.56 Å². The van der Waals surface area contributed by atoms with Gasteiger partial charge in [-0.3, -0.25) is 4.79 Å². The Morgan fingerprint density at radius 3 is 2.42 bits per heavy atom. The lowest BCUT2D eigenvalue weighted by Crippen LogP contribution is -2.40. The summed E-state index contributed by atoms with van der Waals surface area (Å²) in [4.78, 5) is 25.7. The van der Waals surface area contributed by atoms with Gasteiger partial charge < -0.3 is 29.0 Å². The summed E-state index contributed by atoms with van der Waals surface area (Å²) in [7, 11) is 0. The van der Waals surface area contributed by atoms with Crippen LogP contribution in [0.3, 0.4) is 0 Å². The molecule has 4 rings (SSSR count). The van der Waals surface area contributed by atoms with Crippen LogP contribution in [0.4, 0.5) is 0 Å². The summed E-state index contributed by atoms with van der Waals surface area (Å²) in [6.45, 7) is 3.37. The zero-order chi connectivity index (χ0) is 25.7. The van der Waals surface area contributed by atoms with E-state index in [1.54, 1.807) is 42.7 Å². The normalized spacial score (nSPS) is 18.2. The van der Waals surface area contributed by atoms with Crippen molar-refractivity contribution in [2.75, 3.05) is 6.61 Å². The fourth-order valence-corrected chi connectivity index (χ4v) is 4.48. The van der Waals surface area contributed by atoms with Crippen molar-refractivity contribution in [3.63, 3.8) is 0 Å². The molecule has 2 N–H and O–H groups in total. The second kappa shape index (κ2) is 11.4. The Hall–Kier alpha value is -3.62. The van der Waals surface area contributed by atoms with Crippen molar-refractivity contribution < 1.29 is 33.7 Å². The fraction of sp³-hybridized carbons (Fsp3) is 0.357. The van der Waals surface area contributed by atoms with Crippen molar-refractivity contribution in [2.45, 2.75) is 57.6 Å². The summed E-state index contributed by atoms with van der Waals surface area (Å²) >= 11 is 0. The molecule has 0 aliphatic heterocycles. The van der Waals surface area contributed by atoms with Gasteiger partial charge in [0.05, 0.1) is 12.4 Å². The molecule has 1 aliphatic rings. The number of furan rings is 1. The number of carbonyl (C=O) groups is 2. The first-order valence-electron chi connectivity index (χ1n) is 12.1. The highest BCUT2D eigenvalue weighted by atomic mass is 16.5. The van der Waals surface area contributed by atoms with Gasteiger partial charge in [-0.15, -0.1) is 0 Å². The number of nitrogens with zero attached hydrogens (tertiary/aromatic N) is 1. The number of hydrogen-bond acceptors (Lipinski definition) is 6. The second-order valence-electron chi connectivity index (χ2n) is 9.15. The second-order valence-corrected chi connectivity index (χ2v) is 9.15. The van der Waals surface area contributed by atoms with Crippen LogP contribution in [0.2, 0.25) is 0 Å². The van der Waals surface area contributed by atoms with Crippen LogP contribution in [0, 0.1) is 0 Å². The van der Waals surface area contributed by atoms with Crippen LogP contribution in [0.15, 0.2) is 71.3 Å². The predicted molar refractivity (Wildman–Crippen MR) is 132 cm³/mol. The van der Waals surface area contributed by atoms with E-state index in [9.17, 15) is 14.7 Å². The molecule has 1 aliphatic carbocycles. The van der Waals surface area contributed by atoms with Gasteiger partial charge in [0.15, 0.2) is 6.23 Å². The van der Waals surface area contributed by atoms with E-state index < -0.39 is 12.2 Å². The smallest absolute Gasteiger partial charge is 0.329 e. The molecule has 1 amide bonds. The molecular formula is C28H31NO7. The minimum atomic E-state index is -1.22. The van der Waals surface area contributed by atoms with Crippen LogP contribution in [0.1, 0.15) is 55.3 Å². The van der Waals surface area contributed by atoms with Crippen LogP contribution < -0.4 is 4.74 Å². The van der Waals surface area contributed by atoms with Crippen molar-refractivity contribution in [1.82, 2.24) is 4.90 Å². The Labute approximate surface area is 210 Å². The highest BCUT2D eigenvalue weighted by Crippen LogP contribution is 2.34. The number of carbonyl (C=O) groups excluding carboxylic acids is 1. The number of rotatable bonds is 10. The number of aliphatic hydroxyl groups is 1. The quantitative estimate of drug-likeness (QED) is 0.387. The molecule has 3 aromatic rings.